The molecule has 2 nitrogen and oxygen atoms in total. The van der Waals surface area contributed by atoms with Crippen LogP contribution in [0.15, 0.2) is 122 Å². The molecule has 0 unspecified atom stereocenters. The van der Waals surface area contributed by atoms with E-state index in [-0.39, 0.29) is 37.7 Å². The van der Waals surface area contributed by atoms with E-state index in [1.807, 2.05) is 84.9 Å². The summed E-state index contributed by atoms with van der Waals surface area (Å²) in [5.74, 6) is 0.569. The van der Waals surface area contributed by atoms with Gasteiger partial charge in [-0.05, 0) is 12.1 Å². The molecule has 4 aromatic carbocycles. The number of phenolic OH excluding ortho intramolecular Hbond substituents is 2. The summed E-state index contributed by atoms with van der Waals surface area (Å²) in [6.45, 7) is 7.06. The predicted molar refractivity (Wildman–Crippen MR) is 120 cm³/mol. The molecule has 0 aliphatic rings. The molecule has 0 atom stereocenters. The summed E-state index contributed by atoms with van der Waals surface area (Å²) in [6.07, 6.45) is 3.24. The number of benzene rings is 2. The van der Waals surface area contributed by atoms with E-state index in [1.54, 1.807) is 36.4 Å². The van der Waals surface area contributed by atoms with Gasteiger partial charge in [0.2, 0.25) is 0 Å². The van der Waals surface area contributed by atoms with Gasteiger partial charge in [-0.2, -0.15) is 36.4 Å². The fourth-order valence-corrected chi connectivity index (χ4v) is 1.96. The molecule has 29 heavy (non-hydrogen) atoms. The van der Waals surface area contributed by atoms with Gasteiger partial charge in [-0.15, -0.1) is 0 Å². The summed E-state index contributed by atoms with van der Waals surface area (Å²) >= 11 is 0. The Hall–Kier alpha value is -2.90. The SMILES string of the molecule is C=Cc1ccccc1O.C=Cc1ccccc1O.[Zr+2].c1cc[cH-]c1.c1cc[cH-]c1. The van der Waals surface area contributed by atoms with E-state index in [0.717, 1.165) is 11.1 Å². The van der Waals surface area contributed by atoms with E-state index < -0.39 is 0 Å². The van der Waals surface area contributed by atoms with E-state index in [4.69, 9.17) is 10.2 Å². The van der Waals surface area contributed by atoms with Gasteiger partial charge in [-0.1, -0.05) is 61.7 Å². The largest absolute Gasteiger partial charge is 2.00 e. The molecular formula is C26H26O2Zr. The molecule has 0 saturated heterocycles. The first-order valence-corrected chi connectivity index (χ1v) is 8.83. The van der Waals surface area contributed by atoms with E-state index in [0.29, 0.717) is 0 Å². The van der Waals surface area contributed by atoms with Crippen LogP contribution in [0.3, 0.4) is 0 Å². The van der Waals surface area contributed by atoms with Crippen molar-refractivity contribution in [2.75, 3.05) is 0 Å². The summed E-state index contributed by atoms with van der Waals surface area (Å²) in [4.78, 5) is 0. The van der Waals surface area contributed by atoms with Crippen molar-refractivity contribution in [2.24, 2.45) is 0 Å². The Kier molecular flexibility index (Phi) is 15.5. The van der Waals surface area contributed by atoms with Crippen molar-refractivity contribution in [1.29, 1.82) is 0 Å². The monoisotopic (exact) mass is 460 g/mol. The predicted octanol–water partition coefficient (Wildman–Crippen LogP) is 6.88. The number of rotatable bonds is 2. The van der Waals surface area contributed by atoms with Crippen molar-refractivity contribution in [2.45, 2.75) is 0 Å². The molecule has 0 fully saturated rings. The Morgan fingerprint density at radius 1 is 0.552 bits per heavy atom. The average molecular weight is 462 g/mol. The first kappa shape index (κ1) is 26.1. The Morgan fingerprint density at radius 2 is 0.862 bits per heavy atom. The zero-order valence-electron chi connectivity index (χ0n) is 16.4. The van der Waals surface area contributed by atoms with Crippen molar-refractivity contribution < 1.29 is 36.4 Å². The number of hydrogen-bond donors (Lipinski definition) is 2. The number of aromatic hydroxyl groups is 2. The summed E-state index contributed by atoms with van der Waals surface area (Å²) in [5, 5.41) is 18.1. The van der Waals surface area contributed by atoms with Gasteiger partial charge in [0.15, 0.2) is 0 Å². The van der Waals surface area contributed by atoms with Crippen molar-refractivity contribution in [3.63, 3.8) is 0 Å². The summed E-state index contributed by atoms with van der Waals surface area (Å²) in [7, 11) is 0. The number of hydrogen-bond acceptors (Lipinski definition) is 2. The molecule has 2 N–H and O–H groups in total. The quantitative estimate of drug-likeness (QED) is 0.319. The van der Waals surface area contributed by atoms with Crippen molar-refractivity contribution in [3.8, 4) is 11.5 Å². The molecule has 0 amide bonds. The van der Waals surface area contributed by atoms with Crippen molar-refractivity contribution in [3.05, 3.63) is 133 Å². The van der Waals surface area contributed by atoms with E-state index in [2.05, 4.69) is 13.2 Å². The van der Waals surface area contributed by atoms with Crippen LogP contribution in [-0.4, -0.2) is 10.2 Å². The summed E-state index contributed by atoms with van der Waals surface area (Å²) in [6, 6.07) is 34.2. The van der Waals surface area contributed by atoms with Gasteiger partial charge in [0.05, 0.1) is 0 Å². The molecule has 3 heteroatoms. The molecule has 0 bridgehead atoms. The molecule has 146 valence electrons. The van der Waals surface area contributed by atoms with Gasteiger partial charge in [0, 0.05) is 11.1 Å². The average Bonchev–Trinajstić information content (AvgIpc) is 3.48. The minimum atomic E-state index is 0. The van der Waals surface area contributed by atoms with Crippen LogP contribution >= 0.6 is 0 Å². The fourth-order valence-electron chi connectivity index (χ4n) is 1.96. The second kappa shape index (κ2) is 17.2. The molecule has 0 saturated carbocycles. The first-order valence-electron chi connectivity index (χ1n) is 8.83. The first-order chi connectivity index (χ1) is 13.7. The maximum absolute atomic E-state index is 9.04. The Morgan fingerprint density at radius 3 is 1.03 bits per heavy atom. The van der Waals surface area contributed by atoms with Gasteiger partial charge in [0.25, 0.3) is 0 Å². The summed E-state index contributed by atoms with van der Waals surface area (Å²) < 4.78 is 0. The third-order valence-corrected chi connectivity index (χ3v) is 3.42. The van der Waals surface area contributed by atoms with E-state index in [1.165, 1.54) is 0 Å². The van der Waals surface area contributed by atoms with Crippen LogP contribution in [0.5, 0.6) is 11.5 Å². The van der Waals surface area contributed by atoms with Gasteiger partial charge in [-0.3, -0.25) is 0 Å². The van der Waals surface area contributed by atoms with Gasteiger partial charge >= 0.3 is 26.2 Å². The smallest absolute Gasteiger partial charge is 0.507 e. The van der Waals surface area contributed by atoms with Crippen molar-refractivity contribution >= 4 is 12.2 Å². The van der Waals surface area contributed by atoms with Crippen LogP contribution in [0.4, 0.5) is 0 Å². The number of para-hydroxylation sites is 2. The van der Waals surface area contributed by atoms with E-state index in [9.17, 15) is 0 Å². The molecule has 4 aromatic rings. The minimum absolute atomic E-state index is 0. The maximum Gasteiger partial charge on any atom is 2.00 e. The number of phenols is 2. The molecule has 0 aliphatic heterocycles. The van der Waals surface area contributed by atoms with Crippen LogP contribution in [-0.2, 0) is 26.2 Å². The normalized spacial score (nSPS) is 8.28. The molecule has 0 aromatic heterocycles. The van der Waals surface area contributed by atoms with Crippen LogP contribution in [0.1, 0.15) is 11.1 Å². The topological polar surface area (TPSA) is 40.5 Å². The second-order valence-corrected chi connectivity index (χ2v) is 5.45. The molecule has 4 rings (SSSR count). The Bertz CT molecular complexity index is 769. The zero-order valence-corrected chi connectivity index (χ0v) is 18.8. The summed E-state index contributed by atoms with van der Waals surface area (Å²) in [5.41, 5.74) is 1.55. The van der Waals surface area contributed by atoms with Gasteiger partial charge in [0.1, 0.15) is 11.5 Å². The third-order valence-electron chi connectivity index (χ3n) is 3.42. The van der Waals surface area contributed by atoms with Crippen molar-refractivity contribution in [1.82, 2.24) is 0 Å². The minimum Gasteiger partial charge on any atom is -0.507 e. The van der Waals surface area contributed by atoms with Crippen LogP contribution in [0, 0.1) is 0 Å². The fraction of sp³-hybridized carbons (Fsp3) is 0. The van der Waals surface area contributed by atoms with E-state index >= 15 is 0 Å². The Labute approximate surface area is 193 Å². The van der Waals surface area contributed by atoms with Crippen LogP contribution in [0.25, 0.3) is 12.2 Å². The molecule has 0 aliphatic carbocycles. The molecule has 0 spiro atoms. The standard InChI is InChI=1S/2C8H8O.2C5H5.Zr/c2*1-2-7-5-3-4-6-8(7)9;2*1-2-4-5-3-1;/h2*2-6,9H,1H2;2*1-5H;/q;;2*-1;+2. The molecular weight excluding hydrogens is 436 g/mol. The van der Waals surface area contributed by atoms with Gasteiger partial charge < -0.3 is 10.2 Å². The maximum atomic E-state index is 9.04. The van der Waals surface area contributed by atoms with Gasteiger partial charge in [-0.25, -0.2) is 24.3 Å². The van der Waals surface area contributed by atoms with Crippen LogP contribution in [0.2, 0.25) is 0 Å². The third kappa shape index (κ3) is 12.2. The second-order valence-electron chi connectivity index (χ2n) is 5.45. The Balaban J connectivity index is 0.000000369. The van der Waals surface area contributed by atoms with Crippen LogP contribution < -0.4 is 0 Å². The zero-order chi connectivity index (χ0) is 20.5. The molecule has 0 heterocycles. The molecule has 0 radical (unpaired) electrons.